The third-order valence-electron chi connectivity index (χ3n) is 6.17. The predicted molar refractivity (Wildman–Crippen MR) is 102 cm³/mol. The largest absolute Gasteiger partial charge is 0.294 e. The number of rotatable bonds is 5. The van der Waals surface area contributed by atoms with Crippen LogP contribution in [0.3, 0.4) is 0 Å². The average Bonchev–Trinajstić information content (AvgIpc) is 2.68. The van der Waals surface area contributed by atoms with Gasteiger partial charge in [0, 0.05) is 35.7 Å². The molecule has 0 spiro atoms. The van der Waals surface area contributed by atoms with Crippen LogP contribution in [-0.2, 0) is 6.54 Å². The summed E-state index contributed by atoms with van der Waals surface area (Å²) in [5.74, 6) is -0.241. The summed E-state index contributed by atoms with van der Waals surface area (Å²) >= 11 is 0. The van der Waals surface area contributed by atoms with Crippen molar-refractivity contribution >= 4 is 5.78 Å². The van der Waals surface area contributed by atoms with Gasteiger partial charge in [-0.15, -0.1) is 0 Å². The zero-order valence-corrected chi connectivity index (χ0v) is 15.4. The van der Waals surface area contributed by atoms with Crippen molar-refractivity contribution < 1.29 is 13.6 Å². The van der Waals surface area contributed by atoms with Gasteiger partial charge < -0.3 is 0 Å². The Kier molecular flexibility index (Phi) is 5.35. The summed E-state index contributed by atoms with van der Waals surface area (Å²) in [5.41, 5.74) is 1.38. The number of carbonyl (C=O) groups excluding carboxylic acids is 1. The second-order valence-corrected chi connectivity index (χ2v) is 7.82. The van der Waals surface area contributed by atoms with Gasteiger partial charge in [-0.2, -0.15) is 0 Å². The Morgan fingerprint density at radius 2 is 1.59 bits per heavy atom. The Labute approximate surface area is 159 Å². The van der Waals surface area contributed by atoms with Gasteiger partial charge in [0.25, 0.3) is 6.43 Å². The quantitative estimate of drug-likeness (QED) is 0.636. The molecule has 27 heavy (non-hydrogen) atoms. The summed E-state index contributed by atoms with van der Waals surface area (Å²) in [6.45, 7) is 0.907. The average molecular weight is 369 g/mol. The van der Waals surface area contributed by atoms with Crippen molar-refractivity contribution in [3.8, 4) is 0 Å². The maximum atomic E-state index is 13.3. The highest BCUT2D eigenvalue weighted by atomic mass is 19.3. The van der Waals surface area contributed by atoms with Crippen molar-refractivity contribution in [1.82, 2.24) is 4.90 Å². The van der Waals surface area contributed by atoms with Crippen LogP contribution in [0, 0.1) is 5.92 Å². The number of halogens is 2. The van der Waals surface area contributed by atoms with Gasteiger partial charge in [-0.25, -0.2) is 8.78 Å². The molecule has 2 nitrogen and oxygen atoms in total. The highest BCUT2D eigenvalue weighted by Gasteiger charge is 2.41. The van der Waals surface area contributed by atoms with E-state index in [1.165, 1.54) is 18.1 Å². The van der Waals surface area contributed by atoms with Crippen LogP contribution < -0.4 is 0 Å². The molecule has 0 aromatic heterocycles. The number of fused-ring (bicyclic) bond motifs is 2. The number of piperidine rings is 2. The Bertz CT molecular complexity index is 778. The van der Waals surface area contributed by atoms with Crippen molar-refractivity contribution in [3.63, 3.8) is 0 Å². The van der Waals surface area contributed by atoms with Gasteiger partial charge in [0.2, 0.25) is 0 Å². The zero-order valence-electron chi connectivity index (χ0n) is 15.4. The molecule has 142 valence electrons. The highest BCUT2D eigenvalue weighted by Crippen LogP contribution is 2.40. The number of benzene rings is 2. The van der Waals surface area contributed by atoms with E-state index in [0.29, 0.717) is 12.1 Å². The smallest absolute Gasteiger partial charge is 0.264 e. The van der Waals surface area contributed by atoms with Gasteiger partial charge in [0.1, 0.15) is 0 Å². The van der Waals surface area contributed by atoms with Crippen LogP contribution in [0.25, 0.3) is 0 Å². The van der Waals surface area contributed by atoms with E-state index < -0.39 is 6.43 Å². The first-order valence-corrected chi connectivity index (χ1v) is 9.84. The first-order chi connectivity index (χ1) is 13.1. The van der Waals surface area contributed by atoms with Crippen LogP contribution >= 0.6 is 0 Å². The number of Topliss-reactive ketones (excluding diaryl/α,β-unsaturated/α-hetero) is 1. The Hall–Kier alpha value is -2.07. The molecular weight excluding hydrogens is 344 g/mol. The fourth-order valence-corrected chi connectivity index (χ4v) is 4.88. The molecule has 2 aliphatic rings. The van der Waals surface area contributed by atoms with E-state index in [-0.39, 0.29) is 22.8 Å². The molecule has 4 heteroatoms. The van der Waals surface area contributed by atoms with Crippen LogP contribution in [0.4, 0.5) is 8.78 Å². The van der Waals surface area contributed by atoms with Gasteiger partial charge in [0.15, 0.2) is 5.78 Å². The van der Waals surface area contributed by atoms with Crippen LogP contribution in [0.5, 0.6) is 0 Å². The van der Waals surface area contributed by atoms with Gasteiger partial charge in [-0.1, -0.05) is 61.0 Å². The van der Waals surface area contributed by atoms with E-state index in [2.05, 4.69) is 29.2 Å². The molecule has 2 aromatic carbocycles. The van der Waals surface area contributed by atoms with E-state index in [1.807, 2.05) is 6.07 Å². The fraction of sp³-hybridized carbons (Fsp3) is 0.435. The second kappa shape index (κ2) is 7.89. The van der Waals surface area contributed by atoms with Crippen LogP contribution in [0.15, 0.2) is 54.6 Å². The van der Waals surface area contributed by atoms with Gasteiger partial charge in [-0.05, 0) is 31.2 Å². The van der Waals surface area contributed by atoms with Crippen molar-refractivity contribution in [2.24, 2.45) is 5.92 Å². The Morgan fingerprint density at radius 3 is 2.26 bits per heavy atom. The predicted octanol–water partition coefficient (Wildman–Crippen LogP) is 5.64. The molecule has 0 radical (unpaired) electrons. The maximum Gasteiger partial charge on any atom is 0.264 e. The molecule has 2 saturated heterocycles. The van der Waals surface area contributed by atoms with E-state index in [4.69, 9.17) is 0 Å². The number of ketones is 1. The number of carbonyl (C=O) groups is 1. The Morgan fingerprint density at radius 1 is 0.963 bits per heavy atom. The minimum atomic E-state index is -2.61. The molecule has 0 aliphatic carbocycles. The highest BCUT2D eigenvalue weighted by molar-refractivity contribution is 5.99. The number of nitrogens with zero attached hydrogens (tertiary/aromatic N) is 1. The van der Waals surface area contributed by atoms with E-state index in [9.17, 15) is 13.6 Å². The third-order valence-corrected chi connectivity index (χ3v) is 6.17. The van der Waals surface area contributed by atoms with Gasteiger partial charge in [-0.3, -0.25) is 9.69 Å². The Balaban J connectivity index is 1.52. The van der Waals surface area contributed by atoms with Gasteiger partial charge in [0.05, 0.1) is 0 Å². The lowest BCUT2D eigenvalue weighted by Crippen LogP contribution is -2.52. The molecular formula is C23H25F2NO. The lowest BCUT2D eigenvalue weighted by atomic mass is 9.75. The van der Waals surface area contributed by atoms with Crippen LogP contribution in [-0.4, -0.2) is 22.8 Å². The van der Waals surface area contributed by atoms with Crippen LogP contribution in [0.2, 0.25) is 0 Å². The van der Waals surface area contributed by atoms with E-state index in [1.54, 1.807) is 18.2 Å². The fourth-order valence-electron chi connectivity index (χ4n) is 4.88. The first kappa shape index (κ1) is 18.3. The first-order valence-electron chi connectivity index (χ1n) is 9.84. The summed E-state index contributed by atoms with van der Waals surface area (Å²) in [7, 11) is 0. The van der Waals surface area contributed by atoms with Crippen LogP contribution in [0.1, 0.15) is 60.0 Å². The number of alkyl halides is 2. The van der Waals surface area contributed by atoms with Crippen molar-refractivity contribution in [2.45, 2.75) is 57.2 Å². The van der Waals surface area contributed by atoms with Crippen molar-refractivity contribution in [1.29, 1.82) is 0 Å². The molecule has 0 saturated carbocycles. The minimum Gasteiger partial charge on any atom is -0.294 e. The summed E-state index contributed by atoms with van der Waals surface area (Å²) < 4.78 is 26.7. The SMILES string of the molecule is O=C(c1ccccc1C(F)F)C1CC2CCCC(C1)N2Cc1ccccc1. The molecule has 2 aromatic rings. The van der Waals surface area contributed by atoms with E-state index >= 15 is 0 Å². The third kappa shape index (κ3) is 3.81. The molecule has 2 heterocycles. The molecule has 4 rings (SSSR count). The topological polar surface area (TPSA) is 20.3 Å². The maximum absolute atomic E-state index is 13.3. The monoisotopic (exact) mass is 369 g/mol. The molecule has 2 bridgehead atoms. The lowest BCUT2D eigenvalue weighted by Gasteiger charge is -2.48. The molecule has 0 N–H and O–H groups in total. The number of hydrogen-bond acceptors (Lipinski definition) is 2. The molecule has 2 fully saturated rings. The zero-order chi connectivity index (χ0) is 18.8. The molecule has 2 atom stereocenters. The minimum absolute atomic E-state index is 0.0952. The molecule has 0 amide bonds. The molecule has 2 unspecified atom stereocenters. The summed E-state index contributed by atoms with van der Waals surface area (Å²) in [6, 6.07) is 17.4. The lowest BCUT2D eigenvalue weighted by molar-refractivity contribution is 0.00891. The van der Waals surface area contributed by atoms with Crippen molar-refractivity contribution in [3.05, 3.63) is 71.3 Å². The van der Waals surface area contributed by atoms with Gasteiger partial charge >= 0.3 is 0 Å². The normalized spacial score (nSPS) is 25.5. The number of hydrogen-bond donors (Lipinski definition) is 0. The standard InChI is InChI=1S/C23H25F2NO/c24-23(25)21-12-5-4-11-20(21)22(27)17-13-18-9-6-10-19(14-17)26(18)15-16-7-2-1-3-8-16/h1-5,7-8,11-12,17-19,23H,6,9-10,13-15H2. The second-order valence-electron chi connectivity index (χ2n) is 7.82. The molecule has 2 aliphatic heterocycles. The summed E-state index contributed by atoms with van der Waals surface area (Å²) in [4.78, 5) is 15.6. The summed E-state index contributed by atoms with van der Waals surface area (Å²) in [6.07, 6.45) is 2.31. The summed E-state index contributed by atoms with van der Waals surface area (Å²) in [5, 5.41) is 0. The van der Waals surface area contributed by atoms with E-state index in [0.717, 1.165) is 32.2 Å². The van der Waals surface area contributed by atoms with Crippen molar-refractivity contribution in [2.75, 3.05) is 0 Å².